The first kappa shape index (κ1) is 13.0. The molecule has 0 aromatic heterocycles. The van der Waals surface area contributed by atoms with E-state index in [0.717, 1.165) is 6.07 Å². The minimum atomic E-state index is -4.29. The van der Waals surface area contributed by atoms with E-state index in [1.807, 2.05) is 0 Å². The lowest BCUT2D eigenvalue weighted by Crippen LogP contribution is -2.26. The van der Waals surface area contributed by atoms with Crippen molar-refractivity contribution in [3.05, 3.63) is 35.4 Å². The average Bonchev–Trinajstić information content (AvgIpc) is 2.17. The van der Waals surface area contributed by atoms with Gasteiger partial charge in [0.25, 0.3) is 0 Å². The largest absolute Gasteiger partial charge is 0.416 e. The molecular formula is C11H15F3N2. The van der Waals surface area contributed by atoms with Crippen molar-refractivity contribution in [1.82, 2.24) is 4.90 Å². The van der Waals surface area contributed by atoms with Crippen LogP contribution in [0.25, 0.3) is 0 Å². The molecule has 0 aliphatic carbocycles. The third-order valence-corrected chi connectivity index (χ3v) is 2.27. The molecule has 0 fully saturated rings. The summed E-state index contributed by atoms with van der Waals surface area (Å²) < 4.78 is 37.9. The predicted molar refractivity (Wildman–Crippen MR) is 56.8 cm³/mol. The van der Waals surface area contributed by atoms with Gasteiger partial charge in [0.15, 0.2) is 0 Å². The van der Waals surface area contributed by atoms with Crippen LogP contribution in [0, 0.1) is 0 Å². The first-order chi connectivity index (χ1) is 7.45. The zero-order valence-corrected chi connectivity index (χ0v) is 9.09. The van der Waals surface area contributed by atoms with E-state index in [9.17, 15) is 13.2 Å². The van der Waals surface area contributed by atoms with Gasteiger partial charge in [-0.25, -0.2) is 0 Å². The Balaban J connectivity index is 2.87. The van der Waals surface area contributed by atoms with Gasteiger partial charge in [0.2, 0.25) is 0 Å². The minimum Gasteiger partial charge on any atom is -0.329 e. The molecule has 0 unspecified atom stereocenters. The first-order valence-electron chi connectivity index (χ1n) is 4.99. The lowest BCUT2D eigenvalue weighted by atomic mass is 10.1. The smallest absolute Gasteiger partial charge is 0.329 e. The summed E-state index contributed by atoms with van der Waals surface area (Å²) in [4.78, 5) is 1.77. The molecule has 16 heavy (non-hydrogen) atoms. The fourth-order valence-corrected chi connectivity index (χ4v) is 1.52. The van der Waals surface area contributed by atoms with Crippen LogP contribution < -0.4 is 5.73 Å². The first-order valence-corrected chi connectivity index (χ1v) is 4.99. The molecule has 0 spiro atoms. The summed E-state index contributed by atoms with van der Waals surface area (Å²) >= 11 is 0. The van der Waals surface area contributed by atoms with Gasteiger partial charge in [0, 0.05) is 19.6 Å². The van der Waals surface area contributed by atoms with Crippen molar-refractivity contribution in [1.29, 1.82) is 0 Å². The monoisotopic (exact) mass is 232 g/mol. The van der Waals surface area contributed by atoms with Crippen LogP contribution in [0.3, 0.4) is 0 Å². The fourth-order valence-electron chi connectivity index (χ4n) is 1.52. The third kappa shape index (κ3) is 3.50. The molecule has 1 aromatic rings. The summed E-state index contributed by atoms with van der Waals surface area (Å²) in [7, 11) is 1.75. The Bertz CT molecular complexity index is 336. The van der Waals surface area contributed by atoms with Gasteiger partial charge >= 0.3 is 6.18 Å². The van der Waals surface area contributed by atoms with E-state index in [1.54, 1.807) is 18.0 Å². The predicted octanol–water partition coefficient (Wildman–Crippen LogP) is 2.10. The van der Waals surface area contributed by atoms with Crippen molar-refractivity contribution in [2.45, 2.75) is 12.7 Å². The van der Waals surface area contributed by atoms with Crippen LogP contribution in [0.4, 0.5) is 13.2 Å². The quantitative estimate of drug-likeness (QED) is 0.861. The highest BCUT2D eigenvalue weighted by atomic mass is 19.4. The average molecular weight is 232 g/mol. The summed E-state index contributed by atoms with van der Waals surface area (Å²) in [5.41, 5.74) is 5.06. The fraction of sp³-hybridized carbons (Fsp3) is 0.455. The van der Waals surface area contributed by atoms with Crippen molar-refractivity contribution in [2.24, 2.45) is 5.73 Å². The summed E-state index contributed by atoms with van der Waals surface area (Å²) in [5.74, 6) is 0. The molecule has 0 saturated heterocycles. The minimum absolute atomic E-state index is 0.257. The molecule has 1 rings (SSSR count). The number of alkyl halides is 3. The van der Waals surface area contributed by atoms with Crippen LogP contribution in [0.1, 0.15) is 11.1 Å². The second-order valence-corrected chi connectivity index (χ2v) is 3.68. The zero-order valence-electron chi connectivity index (χ0n) is 9.09. The Morgan fingerprint density at radius 1 is 1.25 bits per heavy atom. The van der Waals surface area contributed by atoms with Gasteiger partial charge in [0.1, 0.15) is 0 Å². The molecule has 1 aromatic carbocycles. The van der Waals surface area contributed by atoms with E-state index in [2.05, 4.69) is 0 Å². The van der Waals surface area contributed by atoms with Crippen molar-refractivity contribution < 1.29 is 13.2 Å². The highest BCUT2D eigenvalue weighted by Gasteiger charge is 2.32. The standard InChI is InChI=1S/C11H15F3N2/c1-16(7-6-15)8-9-4-2-3-5-10(9)11(12,13)14/h2-5H,6-8,15H2,1H3. The number of hydrogen-bond acceptors (Lipinski definition) is 2. The van der Waals surface area contributed by atoms with Crippen LogP contribution >= 0.6 is 0 Å². The maximum Gasteiger partial charge on any atom is 0.416 e. The normalized spacial score (nSPS) is 12.1. The lowest BCUT2D eigenvalue weighted by molar-refractivity contribution is -0.138. The highest BCUT2D eigenvalue weighted by molar-refractivity contribution is 5.29. The van der Waals surface area contributed by atoms with Gasteiger partial charge in [-0.05, 0) is 18.7 Å². The zero-order chi connectivity index (χ0) is 12.2. The summed E-state index contributed by atoms with van der Waals surface area (Å²) in [6.07, 6.45) is -4.29. The van der Waals surface area contributed by atoms with Crippen molar-refractivity contribution in [3.8, 4) is 0 Å². The molecule has 2 N–H and O–H groups in total. The number of halogens is 3. The molecule has 0 saturated carbocycles. The molecule has 0 aliphatic rings. The Morgan fingerprint density at radius 3 is 2.44 bits per heavy atom. The molecule has 0 atom stereocenters. The van der Waals surface area contributed by atoms with Crippen molar-refractivity contribution >= 4 is 0 Å². The van der Waals surface area contributed by atoms with E-state index in [-0.39, 0.29) is 12.1 Å². The molecule has 5 heteroatoms. The highest BCUT2D eigenvalue weighted by Crippen LogP contribution is 2.32. The Hall–Kier alpha value is -1.07. The second-order valence-electron chi connectivity index (χ2n) is 3.68. The summed E-state index contributed by atoms with van der Waals surface area (Å²) in [5, 5.41) is 0. The molecule has 0 aliphatic heterocycles. The molecule has 0 amide bonds. The van der Waals surface area contributed by atoms with Gasteiger partial charge in [-0.2, -0.15) is 13.2 Å². The van der Waals surface area contributed by atoms with Crippen LogP contribution in [0.5, 0.6) is 0 Å². The van der Waals surface area contributed by atoms with E-state index in [1.165, 1.54) is 12.1 Å². The van der Waals surface area contributed by atoms with E-state index in [4.69, 9.17) is 5.73 Å². The number of nitrogens with two attached hydrogens (primary N) is 1. The maximum absolute atomic E-state index is 12.6. The summed E-state index contributed by atoms with van der Waals surface area (Å²) in [6.45, 7) is 1.27. The van der Waals surface area contributed by atoms with E-state index in [0.29, 0.717) is 13.1 Å². The number of rotatable bonds is 4. The lowest BCUT2D eigenvalue weighted by Gasteiger charge is -2.19. The molecule has 0 heterocycles. The number of likely N-dealkylation sites (N-methyl/N-ethyl adjacent to an activating group) is 1. The van der Waals surface area contributed by atoms with Crippen LogP contribution in [-0.4, -0.2) is 25.0 Å². The SMILES string of the molecule is CN(CCN)Cc1ccccc1C(F)(F)F. The van der Waals surface area contributed by atoms with E-state index < -0.39 is 11.7 Å². The number of hydrogen-bond donors (Lipinski definition) is 1. The van der Waals surface area contributed by atoms with Crippen molar-refractivity contribution in [2.75, 3.05) is 20.1 Å². The molecule has 2 nitrogen and oxygen atoms in total. The number of benzene rings is 1. The maximum atomic E-state index is 12.6. The Morgan fingerprint density at radius 2 is 1.88 bits per heavy atom. The van der Waals surface area contributed by atoms with Crippen LogP contribution in [0.2, 0.25) is 0 Å². The second kappa shape index (κ2) is 5.32. The Kier molecular flexibility index (Phi) is 4.32. The van der Waals surface area contributed by atoms with Gasteiger partial charge in [0.05, 0.1) is 5.56 Å². The van der Waals surface area contributed by atoms with Gasteiger partial charge in [-0.3, -0.25) is 0 Å². The molecule has 0 bridgehead atoms. The number of nitrogens with zero attached hydrogens (tertiary/aromatic N) is 1. The summed E-state index contributed by atoms with van der Waals surface area (Å²) in [6, 6.07) is 5.61. The molecule has 90 valence electrons. The third-order valence-electron chi connectivity index (χ3n) is 2.27. The van der Waals surface area contributed by atoms with Gasteiger partial charge in [-0.15, -0.1) is 0 Å². The van der Waals surface area contributed by atoms with Gasteiger partial charge < -0.3 is 10.6 Å². The van der Waals surface area contributed by atoms with Crippen molar-refractivity contribution in [3.63, 3.8) is 0 Å². The Labute approximate surface area is 92.9 Å². The topological polar surface area (TPSA) is 29.3 Å². The van der Waals surface area contributed by atoms with E-state index >= 15 is 0 Å². The van der Waals surface area contributed by atoms with Crippen LogP contribution in [0.15, 0.2) is 24.3 Å². The van der Waals surface area contributed by atoms with Gasteiger partial charge in [-0.1, -0.05) is 18.2 Å². The van der Waals surface area contributed by atoms with Crippen LogP contribution in [-0.2, 0) is 12.7 Å². The molecular weight excluding hydrogens is 217 g/mol. The molecule has 0 radical (unpaired) electrons.